The summed E-state index contributed by atoms with van der Waals surface area (Å²) >= 11 is 0. The number of guanidine groups is 1. The molecule has 0 bridgehead atoms. The average Bonchev–Trinajstić information content (AvgIpc) is 2.43. The average molecular weight is 195 g/mol. The molecule has 0 saturated heterocycles. The molecule has 0 amide bonds. The van der Waals surface area contributed by atoms with Crippen molar-refractivity contribution in [2.45, 2.75) is 0 Å². The zero-order valence-electron chi connectivity index (χ0n) is 6.43. The van der Waals surface area contributed by atoms with E-state index in [9.17, 15) is 8.42 Å². The van der Waals surface area contributed by atoms with Crippen LogP contribution < -0.4 is 5.73 Å². The van der Waals surface area contributed by atoms with Gasteiger partial charge in [-0.2, -0.15) is 8.42 Å². The molecule has 66 valence electrons. The van der Waals surface area contributed by atoms with E-state index in [1.165, 1.54) is 6.08 Å². The Morgan fingerprint density at radius 2 is 2.08 bits per heavy atom. The topological polar surface area (TPSA) is 84.9 Å². The van der Waals surface area contributed by atoms with Crippen LogP contribution in [0.1, 0.15) is 0 Å². The molecule has 0 saturated carbocycles. The van der Waals surface area contributed by atoms with Gasteiger partial charge in [-0.05, 0) is 12.2 Å². The zero-order valence-corrected chi connectivity index (χ0v) is 7.25. The van der Waals surface area contributed by atoms with Crippen LogP contribution in [0.5, 0.6) is 0 Å². The van der Waals surface area contributed by atoms with E-state index < -0.39 is 10.3 Å². The van der Waals surface area contributed by atoms with Crippen LogP contribution >= 0.6 is 0 Å². The Kier molecular flexibility index (Phi) is 1.63. The molecule has 13 heavy (non-hydrogen) atoms. The van der Waals surface area contributed by atoms with E-state index in [0.29, 0.717) is 11.4 Å². The smallest absolute Gasteiger partial charge is 0.223 e. The first-order chi connectivity index (χ1) is 6.18. The fourth-order valence-electron chi connectivity index (χ4n) is 1.11. The number of nitrogens with zero attached hydrogens (tertiary/aromatic N) is 2. The highest BCUT2D eigenvalue weighted by atomic mass is 32.2. The molecule has 1 aliphatic heterocycles. The Balaban J connectivity index is 2.67. The molecule has 1 heterocycles. The van der Waals surface area contributed by atoms with Crippen molar-refractivity contribution >= 4 is 26.8 Å². The molecular formula is C7H5N3O2S. The largest absolute Gasteiger partial charge is 0.368 e. The van der Waals surface area contributed by atoms with Crippen LogP contribution in [0.2, 0.25) is 0 Å². The predicted molar refractivity (Wildman–Crippen MR) is 50.2 cm³/mol. The monoisotopic (exact) mass is 195 g/mol. The van der Waals surface area contributed by atoms with Crippen LogP contribution in [0, 0.1) is 0 Å². The van der Waals surface area contributed by atoms with Gasteiger partial charge in [0.25, 0.3) is 0 Å². The van der Waals surface area contributed by atoms with Gasteiger partial charge in [-0.25, -0.2) is 9.98 Å². The van der Waals surface area contributed by atoms with Crippen LogP contribution in [0.4, 0.5) is 0 Å². The maximum Gasteiger partial charge on any atom is 0.223 e. The molecule has 0 fully saturated rings. The summed E-state index contributed by atoms with van der Waals surface area (Å²) in [7, 11) is -2.30. The van der Waals surface area contributed by atoms with Crippen molar-refractivity contribution in [3.63, 3.8) is 0 Å². The van der Waals surface area contributed by atoms with Gasteiger partial charge in [0.15, 0.2) is 0 Å². The van der Waals surface area contributed by atoms with Gasteiger partial charge in [0, 0.05) is 0 Å². The highest BCUT2D eigenvalue weighted by molar-refractivity contribution is 7.75. The number of aliphatic imine (C=N–C) groups is 2. The van der Waals surface area contributed by atoms with E-state index in [1.54, 1.807) is 12.2 Å². The number of allylic oxidation sites excluding steroid dienone is 4. The lowest BCUT2D eigenvalue weighted by atomic mass is 10.1. The van der Waals surface area contributed by atoms with Gasteiger partial charge in [0.2, 0.25) is 16.3 Å². The van der Waals surface area contributed by atoms with Crippen LogP contribution in [0.15, 0.2) is 33.9 Å². The second-order valence-corrected chi connectivity index (χ2v) is 3.35. The van der Waals surface area contributed by atoms with Crippen molar-refractivity contribution in [2.75, 3.05) is 0 Å². The highest BCUT2D eigenvalue weighted by Crippen LogP contribution is 2.13. The van der Waals surface area contributed by atoms with E-state index in [-0.39, 0.29) is 10.8 Å². The Hall–Kier alpha value is -1.69. The third kappa shape index (κ3) is 1.20. The zero-order chi connectivity index (χ0) is 9.42. The third-order valence-electron chi connectivity index (χ3n) is 1.62. The molecule has 0 radical (unpaired) electrons. The van der Waals surface area contributed by atoms with Gasteiger partial charge < -0.3 is 5.73 Å². The molecule has 6 heteroatoms. The molecule has 0 aromatic rings. The molecule has 0 unspecified atom stereocenters. The number of hydrogen-bond donors (Lipinski definition) is 1. The molecule has 0 aromatic carbocycles. The highest BCUT2D eigenvalue weighted by Gasteiger charge is 2.21. The summed E-state index contributed by atoms with van der Waals surface area (Å²) in [5.41, 5.74) is 6.16. The van der Waals surface area contributed by atoms with Crippen LogP contribution in [0.3, 0.4) is 0 Å². The number of nitrogens with two attached hydrogens (primary N) is 1. The van der Waals surface area contributed by atoms with Gasteiger partial charge in [0.1, 0.15) is 10.6 Å². The van der Waals surface area contributed by atoms with Gasteiger partial charge in [-0.3, -0.25) is 0 Å². The predicted octanol–water partition coefficient (Wildman–Crippen LogP) is -0.739. The quantitative estimate of drug-likeness (QED) is 0.516. The van der Waals surface area contributed by atoms with Crippen molar-refractivity contribution < 1.29 is 8.42 Å². The SMILES string of the molecule is NC1=NC2=CC=CC(=S(=O)=O)C2=N1. The van der Waals surface area contributed by atoms with Crippen molar-refractivity contribution in [2.24, 2.45) is 15.7 Å². The summed E-state index contributed by atoms with van der Waals surface area (Å²) in [6.07, 6.45) is 4.72. The van der Waals surface area contributed by atoms with E-state index in [4.69, 9.17) is 5.73 Å². The Morgan fingerprint density at radius 3 is 2.77 bits per heavy atom. The Labute approximate surface area is 75.5 Å². The standard InChI is InChI=1S/C7H5N3O2S/c8-7-9-4-2-1-3-5(13(11)12)6(4)10-7/h1-3H,(H2,8,9). The molecule has 2 N–H and O–H groups in total. The second-order valence-electron chi connectivity index (χ2n) is 2.44. The second kappa shape index (κ2) is 2.67. The summed E-state index contributed by atoms with van der Waals surface area (Å²) in [6, 6.07) is 0. The fraction of sp³-hybridized carbons (Fsp3) is 0. The molecule has 2 aliphatic rings. The lowest BCUT2D eigenvalue weighted by molar-refractivity contribution is 0.627. The van der Waals surface area contributed by atoms with Crippen molar-refractivity contribution in [1.82, 2.24) is 0 Å². The number of hydrogen-bond acceptors (Lipinski definition) is 5. The van der Waals surface area contributed by atoms with E-state index >= 15 is 0 Å². The van der Waals surface area contributed by atoms with Crippen molar-refractivity contribution in [3.05, 3.63) is 23.9 Å². The molecule has 5 nitrogen and oxygen atoms in total. The summed E-state index contributed by atoms with van der Waals surface area (Å²) < 4.78 is 21.4. The summed E-state index contributed by atoms with van der Waals surface area (Å²) in [5.74, 6) is 0.0906. The summed E-state index contributed by atoms with van der Waals surface area (Å²) in [5, 5.41) is 0. The first-order valence-electron chi connectivity index (χ1n) is 3.46. The maximum atomic E-state index is 10.7. The van der Waals surface area contributed by atoms with Gasteiger partial charge in [-0.15, -0.1) is 0 Å². The Morgan fingerprint density at radius 1 is 1.31 bits per heavy atom. The van der Waals surface area contributed by atoms with Crippen LogP contribution in [-0.4, -0.2) is 25.0 Å². The van der Waals surface area contributed by atoms with Crippen LogP contribution in [-0.2, 0) is 10.3 Å². The first-order valence-corrected chi connectivity index (χ1v) is 4.54. The summed E-state index contributed by atoms with van der Waals surface area (Å²) in [6.45, 7) is 0. The minimum atomic E-state index is -2.30. The molecule has 0 atom stereocenters. The normalized spacial score (nSPS) is 19.1. The minimum absolute atomic E-state index is 0.0906. The van der Waals surface area contributed by atoms with Crippen molar-refractivity contribution in [3.8, 4) is 0 Å². The molecule has 0 aromatic heterocycles. The van der Waals surface area contributed by atoms with Gasteiger partial charge in [-0.1, -0.05) is 6.08 Å². The van der Waals surface area contributed by atoms with Crippen LogP contribution in [0.25, 0.3) is 0 Å². The van der Waals surface area contributed by atoms with E-state index in [2.05, 4.69) is 9.98 Å². The Bertz CT molecular complexity index is 512. The summed E-state index contributed by atoms with van der Waals surface area (Å²) in [4.78, 5) is 7.78. The molecular weight excluding hydrogens is 190 g/mol. The van der Waals surface area contributed by atoms with Gasteiger partial charge >= 0.3 is 0 Å². The molecule has 1 aliphatic carbocycles. The first kappa shape index (κ1) is 7.93. The maximum absolute atomic E-state index is 10.7. The van der Waals surface area contributed by atoms with E-state index in [1.807, 2.05) is 0 Å². The van der Waals surface area contributed by atoms with Crippen molar-refractivity contribution in [1.29, 1.82) is 0 Å². The number of rotatable bonds is 0. The van der Waals surface area contributed by atoms with Gasteiger partial charge in [0.05, 0.1) is 5.70 Å². The molecule has 0 spiro atoms. The van der Waals surface area contributed by atoms with E-state index in [0.717, 1.165) is 0 Å². The lowest BCUT2D eigenvalue weighted by Gasteiger charge is -2.00. The molecule has 2 rings (SSSR count). The lowest BCUT2D eigenvalue weighted by Crippen LogP contribution is -2.15. The number of fused-ring (bicyclic) bond motifs is 1. The minimum Gasteiger partial charge on any atom is -0.368 e. The third-order valence-corrected chi connectivity index (χ3v) is 2.31. The fourth-order valence-corrected chi connectivity index (χ4v) is 1.61.